The van der Waals surface area contributed by atoms with Gasteiger partial charge in [-0.25, -0.2) is 0 Å². The van der Waals surface area contributed by atoms with Crippen molar-refractivity contribution < 1.29 is 4.79 Å². The molecule has 0 saturated carbocycles. The Balaban J connectivity index is 2.54. The molecule has 0 aliphatic carbocycles. The molecule has 1 saturated heterocycles. The molecule has 94 valence electrons. The third-order valence-corrected chi connectivity index (χ3v) is 3.61. The molecule has 2 unspecified atom stereocenters. The molecule has 0 aromatic rings. The maximum absolute atomic E-state index is 11.2. The quantitative estimate of drug-likeness (QED) is 0.742. The SMILES string of the molecule is CC(CC(C)(N)C(N)=O)N1CCC(C)(C)C1. The maximum atomic E-state index is 11.2. The van der Waals surface area contributed by atoms with Gasteiger partial charge in [-0.15, -0.1) is 0 Å². The zero-order chi connectivity index (χ0) is 12.6. The highest BCUT2D eigenvalue weighted by Crippen LogP contribution is 2.31. The third-order valence-electron chi connectivity index (χ3n) is 3.61. The smallest absolute Gasteiger partial charge is 0.237 e. The molecule has 1 heterocycles. The summed E-state index contributed by atoms with van der Waals surface area (Å²) in [5.74, 6) is -0.419. The fourth-order valence-corrected chi connectivity index (χ4v) is 2.37. The molecule has 0 bridgehead atoms. The molecular formula is C12H25N3O. The van der Waals surface area contributed by atoms with E-state index in [2.05, 4.69) is 25.7 Å². The summed E-state index contributed by atoms with van der Waals surface area (Å²) in [6.07, 6.45) is 1.83. The van der Waals surface area contributed by atoms with Gasteiger partial charge in [-0.2, -0.15) is 0 Å². The summed E-state index contributed by atoms with van der Waals surface area (Å²) >= 11 is 0. The lowest BCUT2D eigenvalue weighted by Crippen LogP contribution is -2.53. The predicted octanol–water partition coefficient (Wildman–Crippen LogP) is 0.700. The van der Waals surface area contributed by atoms with Crippen LogP contribution in [0.2, 0.25) is 0 Å². The van der Waals surface area contributed by atoms with E-state index in [4.69, 9.17) is 11.5 Å². The molecular weight excluding hydrogens is 202 g/mol. The van der Waals surface area contributed by atoms with Gasteiger partial charge in [0.05, 0.1) is 5.54 Å². The Morgan fingerprint density at radius 1 is 1.56 bits per heavy atom. The zero-order valence-corrected chi connectivity index (χ0v) is 10.9. The molecule has 1 aliphatic heterocycles. The average Bonchev–Trinajstić information content (AvgIpc) is 2.45. The molecule has 1 rings (SSSR count). The Bertz CT molecular complexity index is 273. The number of carbonyl (C=O) groups is 1. The summed E-state index contributed by atoms with van der Waals surface area (Å²) in [6.45, 7) is 10.5. The molecule has 4 heteroatoms. The van der Waals surface area contributed by atoms with Gasteiger partial charge in [-0.1, -0.05) is 13.8 Å². The molecule has 0 aromatic heterocycles. The Kier molecular flexibility index (Phi) is 3.65. The predicted molar refractivity (Wildman–Crippen MR) is 65.8 cm³/mol. The first-order valence-electron chi connectivity index (χ1n) is 5.97. The van der Waals surface area contributed by atoms with Gasteiger partial charge in [0.2, 0.25) is 5.91 Å². The molecule has 1 amide bonds. The van der Waals surface area contributed by atoms with E-state index in [0.29, 0.717) is 17.9 Å². The summed E-state index contributed by atoms with van der Waals surface area (Å²) in [5.41, 5.74) is 10.7. The third kappa shape index (κ3) is 3.19. The Labute approximate surface area is 98.3 Å². The standard InChI is InChI=1S/C12H25N3O/c1-9(7-12(4,14)10(13)16)15-6-5-11(2,3)8-15/h9H,5-8,14H2,1-4H3,(H2,13,16). The van der Waals surface area contributed by atoms with Crippen molar-refractivity contribution in [1.29, 1.82) is 0 Å². The average molecular weight is 227 g/mol. The monoisotopic (exact) mass is 227 g/mol. The number of likely N-dealkylation sites (tertiary alicyclic amines) is 1. The van der Waals surface area contributed by atoms with Crippen LogP contribution in [0.1, 0.15) is 40.5 Å². The van der Waals surface area contributed by atoms with Gasteiger partial charge >= 0.3 is 0 Å². The van der Waals surface area contributed by atoms with Crippen LogP contribution >= 0.6 is 0 Å². The van der Waals surface area contributed by atoms with Gasteiger partial charge < -0.3 is 16.4 Å². The van der Waals surface area contributed by atoms with Gasteiger partial charge in [0.1, 0.15) is 0 Å². The van der Waals surface area contributed by atoms with E-state index in [9.17, 15) is 4.79 Å². The second-order valence-electron chi connectivity index (χ2n) is 6.22. The highest BCUT2D eigenvalue weighted by molar-refractivity contribution is 5.83. The number of hydrogen-bond acceptors (Lipinski definition) is 3. The Hall–Kier alpha value is -0.610. The van der Waals surface area contributed by atoms with Crippen LogP contribution in [0, 0.1) is 5.41 Å². The van der Waals surface area contributed by atoms with Crippen LogP contribution < -0.4 is 11.5 Å². The lowest BCUT2D eigenvalue weighted by atomic mass is 9.92. The van der Waals surface area contributed by atoms with Crippen LogP contribution in [0.4, 0.5) is 0 Å². The van der Waals surface area contributed by atoms with E-state index >= 15 is 0 Å². The van der Waals surface area contributed by atoms with Crippen molar-refractivity contribution in [3.63, 3.8) is 0 Å². The number of carbonyl (C=O) groups excluding carboxylic acids is 1. The first kappa shape index (κ1) is 13.5. The fourth-order valence-electron chi connectivity index (χ4n) is 2.37. The molecule has 4 N–H and O–H groups in total. The van der Waals surface area contributed by atoms with Gasteiger partial charge in [0.15, 0.2) is 0 Å². The van der Waals surface area contributed by atoms with Crippen molar-refractivity contribution >= 4 is 5.91 Å². The number of amides is 1. The number of nitrogens with zero attached hydrogens (tertiary/aromatic N) is 1. The van der Waals surface area contributed by atoms with E-state index in [1.807, 2.05) is 0 Å². The maximum Gasteiger partial charge on any atom is 0.237 e. The number of rotatable bonds is 4. The van der Waals surface area contributed by atoms with Crippen LogP contribution in [-0.2, 0) is 4.79 Å². The van der Waals surface area contributed by atoms with Gasteiger partial charge in [0, 0.05) is 12.6 Å². The lowest BCUT2D eigenvalue weighted by Gasteiger charge is -2.31. The minimum Gasteiger partial charge on any atom is -0.368 e. The van der Waals surface area contributed by atoms with E-state index in [-0.39, 0.29) is 0 Å². The van der Waals surface area contributed by atoms with Crippen LogP contribution in [0.15, 0.2) is 0 Å². The minimum atomic E-state index is -0.897. The molecule has 1 fully saturated rings. The number of hydrogen-bond donors (Lipinski definition) is 2. The minimum absolute atomic E-state index is 0.310. The lowest BCUT2D eigenvalue weighted by molar-refractivity contribution is -0.123. The summed E-state index contributed by atoms with van der Waals surface area (Å²) < 4.78 is 0. The molecule has 16 heavy (non-hydrogen) atoms. The summed E-state index contributed by atoms with van der Waals surface area (Å²) in [7, 11) is 0. The van der Waals surface area contributed by atoms with E-state index in [1.165, 1.54) is 6.42 Å². The van der Waals surface area contributed by atoms with E-state index < -0.39 is 11.4 Å². The molecule has 4 nitrogen and oxygen atoms in total. The van der Waals surface area contributed by atoms with Crippen molar-refractivity contribution in [2.75, 3.05) is 13.1 Å². The van der Waals surface area contributed by atoms with Crippen molar-refractivity contribution in [3.05, 3.63) is 0 Å². The first-order chi connectivity index (χ1) is 7.14. The fraction of sp³-hybridized carbons (Fsp3) is 0.917. The Morgan fingerprint density at radius 2 is 2.12 bits per heavy atom. The number of primary amides is 1. The highest BCUT2D eigenvalue weighted by Gasteiger charge is 2.35. The van der Waals surface area contributed by atoms with Crippen molar-refractivity contribution in [1.82, 2.24) is 4.90 Å². The van der Waals surface area contributed by atoms with E-state index in [1.54, 1.807) is 6.92 Å². The normalized spacial score (nSPS) is 26.3. The van der Waals surface area contributed by atoms with Gasteiger partial charge in [-0.05, 0) is 38.6 Å². The molecule has 2 atom stereocenters. The van der Waals surface area contributed by atoms with Crippen LogP contribution in [-0.4, -0.2) is 35.5 Å². The summed E-state index contributed by atoms with van der Waals surface area (Å²) in [4.78, 5) is 13.6. The van der Waals surface area contributed by atoms with Crippen LogP contribution in [0.3, 0.4) is 0 Å². The van der Waals surface area contributed by atoms with Crippen LogP contribution in [0.25, 0.3) is 0 Å². The molecule has 1 aliphatic rings. The number of nitrogens with two attached hydrogens (primary N) is 2. The topological polar surface area (TPSA) is 72.3 Å². The second-order valence-corrected chi connectivity index (χ2v) is 6.22. The molecule has 0 aromatic carbocycles. The van der Waals surface area contributed by atoms with Crippen molar-refractivity contribution in [2.45, 2.75) is 52.1 Å². The van der Waals surface area contributed by atoms with E-state index in [0.717, 1.165) is 13.1 Å². The molecule has 0 radical (unpaired) electrons. The van der Waals surface area contributed by atoms with Gasteiger partial charge in [-0.3, -0.25) is 4.79 Å². The largest absolute Gasteiger partial charge is 0.368 e. The zero-order valence-electron chi connectivity index (χ0n) is 10.9. The second kappa shape index (κ2) is 4.34. The van der Waals surface area contributed by atoms with Crippen LogP contribution in [0.5, 0.6) is 0 Å². The highest BCUT2D eigenvalue weighted by atomic mass is 16.1. The van der Waals surface area contributed by atoms with Crippen molar-refractivity contribution in [3.8, 4) is 0 Å². The molecule has 0 spiro atoms. The Morgan fingerprint density at radius 3 is 2.50 bits per heavy atom. The van der Waals surface area contributed by atoms with Crippen molar-refractivity contribution in [2.24, 2.45) is 16.9 Å². The first-order valence-corrected chi connectivity index (χ1v) is 5.97. The summed E-state index contributed by atoms with van der Waals surface area (Å²) in [6, 6.07) is 0.310. The summed E-state index contributed by atoms with van der Waals surface area (Å²) in [5, 5.41) is 0. The van der Waals surface area contributed by atoms with Gasteiger partial charge in [0.25, 0.3) is 0 Å².